The molecule has 1 aliphatic rings. The van der Waals surface area contributed by atoms with Gasteiger partial charge in [0.15, 0.2) is 0 Å². The smallest absolute Gasteiger partial charge is 0.241 e. The van der Waals surface area contributed by atoms with Gasteiger partial charge in [0.05, 0.1) is 17.9 Å². The molecule has 1 saturated heterocycles. The van der Waals surface area contributed by atoms with Gasteiger partial charge in [-0.1, -0.05) is 0 Å². The minimum Gasteiger partial charge on any atom is -0.323 e. The molecule has 1 fully saturated rings. The zero-order valence-electron chi connectivity index (χ0n) is 9.60. The number of hydrogen-bond donors (Lipinski definition) is 2. The van der Waals surface area contributed by atoms with Crippen molar-refractivity contribution in [1.29, 1.82) is 0 Å². The number of nitrogens with zero attached hydrogens (tertiary/aromatic N) is 1. The first-order chi connectivity index (χ1) is 7.25. The summed E-state index contributed by atoms with van der Waals surface area (Å²) in [6.07, 6.45) is 5.43. The fourth-order valence-corrected chi connectivity index (χ4v) is 1.76. The van der Waals surface area contributed by atoms with Crippen LogP contribution < -0.4 is 10.6 Å². The summed E-state index contributed by atoms with van der Waals surface area (Å²) in [5.74, 6) is 0.0416. The first kappa shape index (κ1) is 16.2. The molecule has 1 aliphatic heterocycles. The summed E-state index contributed by atoms with van der Waals surface area (Å²) < 4.78 is 0. The molecule has 1 atom stereocenters. The summed E-state index contributed by atoms with van der Waals surface area (Å²) in [5.41, 5.74) is 1.82. The molecule has 2 N–H and O–H groups in total. The van der Waals surface area contributed by atoms with Crippen LogP contribution in [0.15, 0.2) is 18.5 Å². The van der Waals surface area contributed by atoms with Gasteiger partial charge in [-0.25, -0.2) is 0 Å². The Bertz CT molecular complexity index is 367. The highest BCUT2D eigenvalue weighted by Crippen LogP contribution is 2.11. The molecule has 2 heterocycles. The second-order valence-electron chi connectivity index (χ2n) is 3.89. The number of anilines is 1. The van der Waals surface area contributed by atoms with Crippen molar-refractivity contribution in [2.75, 3.05) is 11.9 Å². The van der Waals surface area contributed by atoms with Crippen molar-refractivity contribution in [3.05, 3.63) is 24.0 Å². The van der Waals surface area contributed by atoms with E-state index >= 15 is 0 Å². The third kappa shape index (κ3) is 4.50. The number of carbonyl (C=O) groups is 1. The first-order valence-corrected chi connectivity index (χ1v) is 5.21. The lowest BCUT2D eigenvalue weighted by Crippen LogP contribution is -2.35. The van der Waals surface area contributed by atoms with Crippen molar-refractivity contribution in [1.82, 2.24) is 10.3 Å². The molecule has 96 valence electrons. The molecule has 0 aromatic carbocycles. The van der Waals surface area contributed by atoms with Crippen LogP contribution in [0.5, 0.6) is 0 Å². The lowest BCUT2D eigenvalue weighted by atomic mass is 10.2. The van der Waals surface area contributed by atoms with E-state index < -0.39 is 0 Å². The zero-order chi connectivity index (χ0) is 10.7. The summed E-state index contributed by atoms with van der Waals surface area (Å²) >= 11 is 0. The lowest BCUT2D eigenvalue weighted by molar-refractivity contribution is -0.117. The Morgan fingerprint density at radius 2 is 2.24 bits per heavy atom. The molecule has 0 radical (unpaired) electrons. The second-order valence-corrected chi connectivity index (χ2v) is 3.89. The molecule has 1 aromatic heterocycles. The average Bonchev–Trinajstić information content (AvgIpc) is 2.70. The highest BCUT2D eigenvalue weighted by Gasteiger charge is 2.21. The fraction of sp³-hybridized carbons (Fsp3) is 0.455. The standard InChI is InChI=1S/C11H15N3O.2ClH/c1-8-5-9(7-12-6-8)14-11(15)10-3-2-4-13-10;;/h5-7,10,13H,2-4H2,1H3,(H,14,15);2*1H. The van der Waals surface area contributed by atoms with E-state index in [1.165, 1.54) is 0 Å². The second kappa shape index (κ2) is 7.48. The van der Waals surface area contributed by atoms with Crippen molar-refractivity contribution >= 4 is 36.4 Å². The summed E-state index contributed by atoms with van der Waals surface area (Å²) in [7, 11) is 0. The Balaban J connectivity index is 0.00000128. The van der Waals surface area contributed by atoms with Crippen molar-refractivity contribution in [2.24, 2.45) is 0 Å². The number of carbonyl (C=O) groups excluding carboxylic acids is 1. The highest BCUT2D eigenvalue weighted by molar-refractivity contribution is 5.94. The molecule has 0 aliphatic carbocycles. The van der Waals surface area contributed by atoms with Gasteiger partial charge in [-0.2, -0.15) is 0 Å². The number of rotatable bonds is 2. The maximum absolute atomic E-state index is 11.7. The van der Waals surface area contributed by atoms with Gasteiger partial charge < -0.3 is 10.6 Å². The number of hydrogen-bond acceptors (Lipinski definition) is 3. The van der Waals surface area contributed by atoms with Gasteiger partial charge in [0.25, 0.3) is 0 Å². The molecule has 1 unspecified atom stereocenters. The predicted octanol–water partition coefficient (Wildman–Crippen LogP) is 1.92. The summed E-state index contributed by atoms with van der Waals surface area (Å²) in [5, 5.41) is 6.02. The van der Waals surface area contributed by atoms with E-state index in [0.717, 1.165) is 30.6 Å². The van der Waals surface area contributed by atoms with E-state index in [2.05, 4.69) is 15.6 Å². The zero-order valence-corrected chi connectivity index (χ0v) is 11.2. The molecule has 0 saturated carbocycles. The Kier molecular flexibility index (Phi) is 7.11. The van der Waals surface area contributed by atoms with Crippen LogP contribution in [0.4, 0.5) is 5.69 Å². The quantitative estimate of drug-likeness (QED) is 0.869. The lowest BCUT2D eigenvalue weighted by Gasteiger charge is -2.10. The Hall–Kier alpha value is -0.840. The van der Waals surface area contributed by atoms with Crippen LogP contribution in [-0.4, -0.2) is 23.5 Å². The summed E-state index contributed by atoms with van der Waals surface area (Å²) in [6, 6.07) is 1.88. The first-order valence-electron chi connectivity index (χ1n) is 5.21. The number of nitrogens with one attached hydrogen (secondary N) is 2. The average molecular weight is 278 g/mol. The fourth-order valence-electron chi connectivity index (χ4n) is 1.76. The molecule has 1 aromatic rings. The van der Waals surface area contributed by atoms with Crippen molar-refractivity contribution in [3.8, 4) is 0 Å². The molecule has 4 nitrogen and oxygen atoms in total. The molecule has 1 amide bonds. The molecule has 0 spiro atoms. The van der Waals surface area contributed by atoms with Crippen LogP contribution in [0.1, 0.15) is 18.4 Å². The molecule has 0 bridgehead atoms. The molecule has 2 rings (SSSR count). The Labute approximate surface area is 113 Å². The molecule has 17 heavy (non-hydrogen) atoms. The normalized spacial score (nSPS) is 17.8. The monoisotopic (exact) mass is 277 g/mol. The molecule has 6 heteroatoms. The van der Waals surface area contributed by atoms with Crippen LogP contribution in [0, 0.1) is 6.92 Å². The Morgan fingerprint density at radius 3 is 2.82 bits per heavy atom. The van der Waals surface area contributed by atoms with Crippen LogP contribution in [0.3, 0.4) is 0 Å². The van der Waals surface area contributed by atoms with Gasteiger partial charge in [0.2, 0.25) is 5.91 Å². The molecular formula is C11H17Cl2N3O. The summed E-state index contributed by atoms with van der Waals surface area (Å²) in [6.45, 7) is 2.89. The number of amides is 1. The SMILES string of the molecule is Cc1cncc(NC(=O)C2CCCN2)c1.Cl.Cl. The van der Waals surface area contributed by atoms with E-state index in [0.29, 0.717) is 0 Å². The number of halogens is 2. The van der Waals surface area contributed by atoms with Gasteiger partial charge in [0.1, 0.15) is 0 Å². The Morgan fingerprint density at radius 1 is 1.47 bits per heavy atom. The third-order valence-electron chi connectivity index (χ3n) is 2.52. The van der Waals surface area contributed by atoms with Crippen LogP contribution in [-0.2, 0) is 4.79 Å². The minimum absolute atomic E-state index is 0. The largest absolute Gasteiger partial charge is 0.323 e. The molecular weight excluding hydrogens is 261 g/mol. The van der Waals surface area contributed by atoms with Gasteiger partial charge in [-0.15, -0.1) is 24.8 Å². The maximum atomic E-state index is 11.7. The maximum Gasteiger partial charge on any atom is 0.241 e. The van der Waals surface area contributed by atoms with Gasteiger partial charge in [0, 0.05) is 6.20 Å². The van der Waals surface area contributed by atoms with Crippen molar-refractivity contribution in [2.45, 2.75) is 25.8 Å². The number of pyridine rings is 1. The van der Waals surface area contributed by atoms with Crippen molar-refractivity contribution < 1.29 is 4.79 Å². The van der Waals surface area contributed by atoms with Crippen LogP contribution >= 0.6 is 24.8 Å². The van der Waals surface area contributed by atoms with Crippen molar-refractivity contribution in [3.63, 3.8) is 0 Å². The minimum atomic E-state index is -0.0366. The van der Waals surface area contributed by atoms with E-state index in [-0.39, 0.29) is 36.8 Å². The summed E-state index contributed by atoms with van der Waals surface area (Å²) in [4.78, 5) is 15.8. The van der Waals surface area contributed by atoms with E-state index in [4.69, 9.17) is 0 Å². The van der Waals surface area contributed by atoms with E-state index in [1.807, 2.05) is 13.0 Å². The number of aryl methyl sites for hydroxylation is 1. The number of aromatic nitrogens is 1. The highest BCUT2D eigenvalue weighted by atomic mass is 35.5. The van der Waals surface area contributed by atoms with E-state index in [9.17, 15) is 4.79 Å². The van der Waals surface area contributed by atoms with Gasteiger partial charge >= 0.3 is 0 Å². The topological polar surface area (TPSA) is 54.0 Å². The van der Waals surface area contributed by atoms with Gasteiger partial charge in [-0.3, -0.25) is 9.78 Å². The predicted molar refractivity (Wildman–Crippen MR) is 73.1 cm³/mol. The van der Waals surface area contributed by atoms with Gasteiger partial charge in [-0.05, 0) is 37.9 Å². The van der Waals surface area contributed by atoms with Crippen LogP contribution in [0.2, 0.25) is 0 Å². The van der Waals surface area contributed by atoms with Crippen LogP contribution in [0.25, 0.3) is 0 Å². The third-order valence-corrected chi connectivity index (χ3v) is 2.52. The van der Waals surface area contributed by atoms with E-state index in [1.54, 1.807) is 12.4 Å².